The molecule has 0 N–H and O–H groups in total. The fourth-order valence-electron chi connectivity index (χ4n) is 2.91. The first-order valence-electron chi connectivity index (χ1n) is 8.73. The Hall–Kier alpha value is -4.07. The molecule has 29 heavy (non-hydrogen) atoms. The van der Waals surface area contributed by atoms with Crippen LogP contribution in [0.1, 0.15) is 0 Å². The second kappa shape index (κ2) is 6.83. The summed E-state index contributed by atoms with van der Waals surface area (Å²) >= 11 is 0. The normalized spacial score (nSPS) is 11.1. The average molecular weight is 386 g/mol. The van der Waals surface area contributed by atoms with Crippen LogP contribution in [0.5, 0.6) is 11.6 Å². The Balaban J connectivity index is 1.36. The van der Waals surface area contributed by atoms with Crippen molar-refractivity contribution in [3.05, 3.63) is 72.9 Å². The van der Waals surface area contributed by atoms with E-state index in [0.717, 1.165) is 10.9 Å². The first-order valence-corrected chi connectivity index (χ1v) is 8.73. The Bertz CT molecular complexity index is 1310. The second-order valence-electron chi connectivity index (χ2n) is 6.33. The van der Waals surface area contributed by atoms with E-state index in [1.54, 1.807) is 12.1 Å². The molecule has 8 heteroatoms. The highest BCUT2D eigenvalue weighted by Crippen LogP contribution is 2.26. The molecule has 0 saturated heterocycles. The molecule has 0 spiro atoms. The molecule has 0 amide bonds. The number of rotatable bonds is 4. The number of aryl methyl sites for hydroxylation is 1. The summed E-state index contributed by atoms with van der Waals surface area (Å²) in [7, 11) is 1.92. The summed E-state index contributed by atoms with van der Waals surface area (Å²) in [6.45, 7) is 0. The molecule has 0 fully saturated rings. The molecule has 5 rings (SSSR count). The first kappa shape index (κ1) is 17.1. The average Bonchev–Trinajstić information content (AvgIpc) is 3.36. The lowest BCUT2D eigenvalue weighted by Gasteiger charge is -2.05. The van der Waals surface area contributed by atoms with Crippen molar-refractivity contribution in [2.75, 3.05) is 0 Å². The zero-order chi connectivity index (χ0) is 19.8. The van der Waals surface area contributed by atoms with E-state index in [2.05, 4.69) is 26.3 Å². The number of fused-ring (bicyclic) bond motifs is 1. The summed E-state index contributed by atoms with van der Waals surface area (Å²) in [5.74, 6) is 1.05. The maximum Gasteiger partial charge on any atom is 0.278 e. The van der Waals surface area contributed by atoms with Crippen LogP contribution in [0.4, 0.5) is 4.39 Å². The topological polar surface area (TPSA) is 78.9 Å². The van der Waals surface area contributed by atoms with E-state index in [1.165, 1.54) is 24.5 Å². The van der Waals surface area contributed by atoms with Gasteiger partial charge < -0.3 is 13.8 Å². The molecule has 0 aliphatic rings. The molecule has 1 radical (unpaired) electrons. The molecule has 141 valence electrons. The molecule has 5 aromatic rings. The minimum atomic E-state index is -0.374. The van der Waals surface area contributed by atoms with Crippen molar-refractivity contribution in [2.24, 2.45) is 7.05 Å². The Morgan fingerprint density at radius 2 is 2.03 bits per heavy atom. The van der Waals surface area contributed by atoms with Crippen LogP contribution < -0.4 is 4.74 Å². The van der Waals surface area contributed by atoms with Crippen LogP contribution in [0.15, 0.2) is 65.4 Å². The van der Waals surface area contributed by atoms with E-state index < -0.39 is 0 Å². The summed E-state index contributed by atoms with van der Waals surface area (Å²) in [6.07, 6.45) is 6.05. The first-order chi connectivity index (χ1) is 14.2. The summed E-state index contributed by atoms with van der Waals surface area (Å²) < 4.78 is 26.3. The van der Waals surface area contributed by atoms with Gasteiger partial charge in [-0.1, -0.05) is 17.3 Å². The van der Waals surface area contributed by atoms with Crippen LogP contribution in [0.2, 0.25) is 0 Å². The van der Waals surface area contributed by atoms with Crippen molar-refractivity contribution in [1.82, 2.24) is 24.7 Å². The van der Waals surface area contributed by atoms with Crippen LogP contribution in [0.3, 0.4) is 0 Å². The Kier molecular flexibility index (Phi) is 4.02. The van der Waals surface area contributed by atoms with E-state index in [0.29, 0.717) is 22.9 Å². The van der Waals surface area contributed by atoms with Crippen LogP contribution in [0.25, 0.3) is 33.9 Å². The molecule has 2 aromatic carbocycles. The standard InChI is InChI=1S/C21H13FN5O2/c1-27-8-7-13-5-6-16(10-18(13)27)28-19-12-23-17(11-24-19)21-25-20(26-29-21)14-3-2-4-15(22)9-14/h2-7,9-12H,1H3. The smallest absolute Gasteiger partial charge is 0.278 e. The van der Waals surface area contributed by atoms with Crippen molar-refractivity contribution in [1.29, 1.82) is 0 Å². The Morgan fingerprint density at radius 3 is 2.86 bits per heavy atom. The minimum Gasteiger partial charge on any atom is -0.437 e. The number of aromatic nitrogens is 5. The highest BCUT2D eigenvalue weighted by atomic mass is 19.1. The molecule has 0 aliphatic heterocycles. The second-order valence-corrected chi connectivity index (χ2v) is 6.33. The van der Waals surface area contributed by atoms with E-state index in [4.69, 9.17) is 9.26 Å². The minimum absolute atomic E-state index is 0.184. The van der Waals surface area contributed by atoms with Gasteiger partial charge in [0, 0.05) is 24.1 Å². The number of benzene rings is 2. The van der Waals surface area contributed by atoms with Gasteiger partial charge in [0.2, 0.25) is 11.7 Å². The lowest BCUT2D eigenvalue weighted by molar-refractivity contribution is 0.429. The van der Waals surface area contributed by atoms with Gasteiger partial charge in [-0.05, 0) is 30.3 Å². The highest BCUT2D eigenvalue weighted by molar-refractivity contribution is 5.81. The van der Waals surface area contributed by atoms with Gasteiger partial charge in [-0.3, -0.25) is 0 Å². The molecule has 0 atom stereocenters. The maximum absolute atomic E-state index is 13.4. The van der Waals surface area contributed by atoms with Gasteiger partial charge in [-0.25, -0.2) is 14.4 Å². The highest BCUT2D eigenvalue weighted by Gasteiger charge is 2.13. The van der Waals surface area contributed by atoms with E-state index >= 15 is 0 Å². The molecular formula is C21H13FN5O2. The van der Waals surface area contributed by atoms with Crippen LogP contribution >= 0.6 is 0 Å². The number of ether oxygens (including phenoxy) is 1. The van der Waals surface area contributed by atoms with Gasteiger partial charge in [-0.15, -0.1) is 0 Å². The predicted octanol–water partition coefficient (Wildman–Crippen LogP) is 4.42. The maximum atomic E-state index is 13.4. The zero-order valence-electron chi connectivity index (χ0n) is 15.2. The summed E-state index contributed by atoms with van der Waals surface area (Å²) in [5, 5.41) is 4.94. The van der Waals surface area contributed by atoms with Gasteiger partial charge >= 0.3 is 0 Å². The zero-order valence-corrected chi connectivity index (χ0v) is 15.2. The largest absolute Gasteiger partial charge is 0.437 e. The Morgan fingerprint density at radius 1 is 1.10 bits per heavy atom. The molecule has 0 aliphatic carbocycles. The van der Waals surface area contributed by atoms with Crippen LogP contribution in [0, 0.1) is 12.0 Å². The van der Waals surface area contributed by atoms with Gasteiger partial charge in [0.05, 0.1) is 24.1 Å². The lowest BCUT2D eigenvalue weighted by atomic mass is 10.2. The van der Waals surface area contributed by atoms with E-state index in [-0.39, 0.29) is 17.5 Å². The number of halogens is 1. The third kappa shape index (κ3) is 3.31. The van der Waals surface area contributed by atoms with Crippen molar-refractivity contribution >= 4 is 10.9 Å². The van der Waals surface area contributed by atoms with Crippen molar-refractivity contribution in [3.63, 3.8) is 0 Å². The quantitative estimate of drug-likeness (QED) is 0.455. The molecular weight excluding hydrogens is 373 g/mol. The third-order valence-electron chi connectivity index (χ3n) is 4.36. The fourth-order valence-corrected chi connectivity index (χ4v) is 2.91. The predicted molar refractivity (Wildman–Crippen MR) is 103 cm³/mol. The van der Waals surface area contributed by atoms with Crippen molar-refractivity contribution < 1.29 is 13.7 Å². The van der Waals surface area contributed by atoms with Crippen LogP contribution in [-0.2, 0) is 7.05 Å². The summed E-state index contributed by atoms with van der Waals surface area (Å²) in [6, 6.07) is 13.6. The van der Waals surface area contributed by atoms with Crippen molar-refractivity contribution in [2.45, 2.75) is 0 Å². The van der Waals surface area contributed by atoms with Gasteiger partial charge in [0.25, 0.3) is 5.89 Å². The van der Waals surface area contributed by atoms with Crippen molar-refractivity contribution in [3.8, 4) is 34.6 Å². The van der Waals surface area contributed by atoms with Crippen LogP contribution in [-0.4, -0.2) is 24.7 Å². The number of nitrogens with zero attached hydrogens (tertiary/aromatic N) is 5. The van der Waals surface area contributed by atoms with Gasteiger partial charge in [0.15, 0.2) is 0 Å². The summed E-state index contributed by atoms with van der Waals surface area (Å²) in [5.41, 5.74) is 1.91. The van der Waals surface area contributed by atoms with E-state index in [9.17, 15) is 4.39 Å². The van der Waals surface area contributed by atoms with Gasteiger partial charge in [-0.2, -0.15) is 4.98 Å². The third-order valence-corrected chi connectivity index (χ3v) is 4.36. The molecule has 0 saturated carbocycles. The SMILES string of the molecule is Cn1[c]cc2ccc(Oc3cnc(-c4nc(-c5cccc(F)c5)no4)cn3)cc21. The molecule has 0 unspecified atom stereocenters. The van der Waals surface area contributed by atoms with Gasteiger partial charge in [0.1, 0.15) is 17.3 Å². The molecule has 7 nitrogen and oxygen atoms in total. The molecule has 0 bridgehead atoms. The Labute approximate surface area is 164 Å². The van der Waals surface area contributed by atoms with E-state index in [1.807, 2.05) is 35.9 Å². The number of hydrogen-bond acceptors (Lipinski definition) is 6. The lowest BCUT2D eigenvalue weighted by Crippen LogP contribution is -1.92. The molecule has 3 heterocycles. The monoisotopic (exact) mass is 386 g/mol. The summed E-state index contributed by atoms with van der Waals surface area (Å²) in [4.78, 5) is 12.8. The molecule has 3 aromatic heterocycles. The number of hydrogen-bond donors (Lipinski definition) is 0. The fraction of sp³-hybridized carbons (Fsp3) is 0.0476.